The van der Waals surface area contributed by atoms with Gasteiger partial charge in [-0.25, -0.2) is 4.99 Å². The van der Waals surface area contributed by atoms with Crippen LogP contribution in [0.15, 0.2) is 34.0 Å². The minimum Gasteiger partial charge on any atom is -0.484 e. The molecule has 0 saturated heterocycles. The molecule has 0 spiro atoms. The van der Waals surface area contributed by atoms with E-state index in [0.717, 1.165) is 12.8 Å². The second kappa shape index (κ2) is 12.3. The van der Waals surface area contributed by atoms with Crippen LogP contribution in [0.5, 0.6) is 5.75 Å². The van der Waals surface area contributed by atoms with E-state index in [2.05, 4.69) is 17.1 Å². The van der Waals surface area contributed by atoms with Crippen LogP contribution in [0.4, 0.5) is 0 Å². The number of ether oxygens (including phenoxy) is 4. The summed E-state index contributed by atoms with van der Waals surface area (Å²) in [5.41, 5.74) is 1.35. The monoisotopic (exact) mass is 472 g/mol. The van der Waals surface area contributed by atoms with Gasteiger partial charge >= 0.3 is 0 Å². The zero-order valence-corrected chi connectivity index (χ0v) is 18.8. The van der Waals surface area contributed by atoms with Crippen LogP contribution in [0.25, 0.3) is 0 Å². The number of aliphatic hydroxyl groups excluding tert-OH is 1. The van der Waals surface area contributed by atoms with E-state index >= 15 is 0 Å². The van der Waals surface area contributed by atoms with Gasteiger partial charge in [-0.3, -0.25) is 0 Å². The number of aliphatic hydroxyl groups is 1. The Balaban J connectivity index is 1.65. The molecule has 1 aliphatic rings. The van der Waals surface area contributed by atoms with E-state index < -0.39 is 12.2 Å². The molecule has 3 rings (SSSR count). The highest BCUT2D eigenvalue weighted by atomic mass is 35.5. The zero-order valence-electron chi connectivity index (χ0n) is 17.3. The Hall–Kier alpha value is -1.84. The molecular formula is C21H26Cl2N2O6. The molecule has 1 aliphatic heterocycles. The minimum absolute atomic E-state index is 0.0400. The molecule has 2 aromatic rings. The molecule has 0 aliphatic carbocycles. The van der Waals surface area contributed by atoms with Crippen LogP contribution in [0.1, 0.15) is 37.4 Å². The number of rotatable bonds is 13. The third-order valence-corrected chi connectivity index (χ3v) is 5.20. The maximum atomic E-state index is 9.90. The summed E-state index contributed by atoms with van der Waals surface area (Å²) in [5, 5.41) is 14.3. The van der Waals surface area contributed by atoms with Crippen LogP contribution in [0.3, 0.4) is 0 Å². The summed E-state index contributed by atoms with van der Waals surface area (Å²) in [5.74, 6) is 0.844. The first-order valence-electron chi connectivity index (χ1n) is 10.1. The first-order valence-corrected chi connectivity index (χ1v) is 10.9. The maximum Gasteiger partial charge on any atom is 0.216 e. The van der Waals surface area contributed by atoms with Crippen molar-refractivity contribution in [1.29, 1.82) is 0 Å². The molecule has 1 N–H and O–H groups in total. The molecule has 8 nitrogen and oxygen atoms in total. The smallest absolute Gasteiger partial charge is 0.216 e. The van der Waals surface area contributed by atoms with Crippen molar-refractivity contribution in [2.75, 3.05) is 26.6 Å². The Kier molecular flexibility index (Phi) is 9.42. The second-order valence-electron chi connectivity index (χ2n) is 6.95. The van der Waals surface area contributed by atoms with Crippen molar-refractivity contribution >= 4 is 29.1 Å². The summed E-state index contributed by atoms with van der Waals surface area (Å²) >= 11 is 12.9. The van der Waals surface area contributed by atoms with Gasteiger partial charge in [0.2, 0.25) is 5.90 Å². The van der Waals surface area contributed by atoms with E-state index in [0.29, 0.717) is 52.5 Å². The molecule has 0 saturated carbocycles. The minimum atomic E-state index is -0.627. The first kappa shape index (κ1) is 23.8. The van der Waals surface area contributed by atoms with Gasteiger partial charge in [0.1, 0.15) is 37.6 Å². The Morgan fingerprint density at radius 1 is 1.23 bits per heavy atom. The highest BCUT2D eigenvalue weighted by molar-refractivity contribution is 6.37. The molecule has 1 aromatic heterocycles. The Morgan fingerprint density at radius 3 is 2.65 bits per heavy atom. The molecule has 0 radical (unpaired) electrons. The lowest BCUT2D eigenvalue weighted by molar-refractivity contribution is -0.138. The predicted molar refractivity (Wildman–Crippen MR) is 116 cm³/mol. The van der Waals surface area contributed by atoms with Gasteiger partial charge in [0.25, 0.3) is 0 Å². The first-order chi connectivity index (χ1) is 15.1. The standard InChI is InChI=1S/C21H26Cl2N2O6/c1-2-3-4-18(19(11-26)29-13-27-12-15-5-7-30-25-15)31-20-16(22)9-14(10-17(20)23)21-24-6-8-28-21/h5,7,9-10,18-19,26H,2-4,6,8,11-13H2,1H3. The maximum absolute atomic E-state index is 9.90. The predicted octanol–water partition coefficient (Wildman–Crippen LogP) is 4.25. The summed E-state index contributed by atoms with van der Waals surface area (Å²) in [6.07, 6.45) is 2.85. The molecule has 31 heavy (non-hydrogen) atoms. The van der Waals surface area contributed by atoms with E-state index in [4.69, 9.17) is 46.7 Å². The van der Waals surface area contributed by atoms with Gasteiger partial charge in [-0.15, -0.1) is 0 Å². The lowest BCUT2D eigenvalue weighted by Crippen LogP contribution is -2.37. The number of hydrogen-bond donors (Lipinski definition) is 1. The van der Waals surface area contributed by atoms with Crippen LogP contribution in [0.2, 0.25) is 10.0 Å². The van der Waals surface area contributed by atoms with Crippen LogP contribution in [-0.4, -0.2) is 54.9 Å². The Bertz CT molecular complexity index is 823. The summed E-state index contributed by atoms with van der Waals surface area (Å²) in [6.45, 7) is 3.16. The van der Waals surface area contributed by atoms with E-state index in [1.54, 1.807) is 18.2 Å². The summed E-state index contributed by atoms with van der Waals surface area (Å²) in [6, 6.07) is 5.12. The van der Waals surface area contributed by atoms with Crippen LogP contribution in [-0.2, 0) is 20.8 Å². The molecule has 2 unspecified atom stereocenters. The molecule has 1 aromatic carbocycles. The third-order valence-electron chi connectivity index (χ3n) is 4.64. The molecule has 10 heteroatoms. The van der Waals surface area contributed by atoms with E-state index in [9.17, 15) is 5.11 Å². The van der Waals surface area contributed by atoms with Crippen molar-refractivity contribution in [3.63, 3.8) is 0 Å². The van der Waals surface area contributed by atoms with Crippen molar-refractivity contribution in [1.82, 2.24) is 5.16 Å². The molecule has 0 fully saturated rings. The number of aliphatic imine (C=N–C) groups is 1. The lowest BCUT2D eigenvalue weighted by atomic mass is 10.1. The van der Waals surface area contributed by atoms with Gasteiger partial charge in [0, 0.05) is 11.6 Å². The van der Waals surface area contributed by atoms with E-state index in [1.165, 1.54) is 6.26 Å². The van der Waals surface area contributed by atoms with Gasteiger partial charge in [-0.05, 0) is 25.0 Å². The highest BCUT2D eigenvalue weighted by Crippen LogP contribution is 2.36. The summed E-state index contributed by atoms with van der Waals surface area (Å²) in [7, 11) is 0. The topological polar surface area (TPSA) is 95.5 Å². The molecule has 2 heterocycles. The van der Waals surface area contributed by atoms with Crippen molar-refractivity contribution in [2.24, 2.45) is 4.99 Å². The van der Waals surface area contributed by atoms with E-state index in [-0.39, 0.29) is 20.0 Å². The number of aromatic nitrogens is 1. The summed E-state index contributed by atoms with van der Waals surface area (Å²) < 4.78 is 27.5. The van der Waals surface area contributed by atoms with Crippen LogP contribution >= 0.6 is 23.2 Å². The number of halogens is 2. The highest BCUT2D eigenvalue weighted by Gasteiger charge is 2.26. The summed E-state index contributed by atoms with van der Waals surface area (Å²) in [4.78, 5) is 4.28. The molecule has 0 bridgehead atoms. The average molecular weight is 473 g/mol. The van der Waals surface area contributed by atoms with Crippen molar-refractivity contribution in [3.05, 3.63) is 45.8 Å². The average Bonchev–Trinajstić information content (AvgIpc) is 3.47. The number of benzene rings is 1. The number of nitrogens with zero attached hydrogens (tertiary/aromatic N) is 2. The molecule has 2 atom stereocenters. The lowest BCUT2D eigenvalue weighted by Gasteiger charge is -2.27. The molecule has 170 valence electrons. The quantitative estimate of drug-likeness (QED) is 0.343. The normalized spacial score (nSPS) is 15.4. The molecular weight excluding hydrogens is 447 g/mol. The van der Waals surface area contributed by atoms with Crippen molar-refractivity contribution < 1.29 is 28.6 Å². The van der Waals surface area contributed by atoms with Crippen molar-refractivity contribution in [3.8, 4) is 5.75 Å². The SMILES string of the molecule is CCCCC(Oc1c(Cl)cc(C2=NCCO2)cc1Cl)C(CO)OCOCc1ccon1. The van der Waals surface area contributed by atoms with Crippen LogP contribution < -0.4 is 4.74 Å². The molecule has 0 amide bonds. The number of unbranched alkanes of at least 4 members (excludes halogenated alkanes) is 1. The Morgan fingerprint density at radius 2 is 2.03 bits per heavy atom. The zero-order chi connectivity index (χ0) is 22.1. The fraction of sp³-hybridized carbons (Fsp3) is 0.524. The fourth-order valence-corrected chi connectivity index (χ4v) is 3.63. The van der Waals surface area contributed by atoms with Crippen molar-refractivity contribution in [2.45, 2.75) is 45.0 Å². The third kappa shape index (κ3) is 6.82. The van der Waals surface area contributed by atoms with Crippen LogP contribution in [0, 0.1) is 0 Å². The van der Waals surface area contributed by atoms with Gasteiger partial charge in [0.15, 0.2) is 5.75 Å². The largest absolute Gasteiger partial charge is 0.484 e. The van der Waals surface area contributed by atoms with Gasteiger partial charge in [-0.2, -0.15) is 0 Å². The fourth-order valence-electron chi connectivity index (χ4n) is 3.05. The second-order valence-corrected chi connectivity index (χ2v) is 7.76. The van der Waals surface area contributed by atoms with Gasteiger partial charge in [0.05, 0.1) is 29.8 Å². The van der Waals surface area contributed by atoms with Gasteiger partial charge in [-0.1, -0.05) is 41.7 Å². The van der Waals surface area contributed by atoms with Gasteiger partial charge < -0.3 is 28.6 Å². The Labute approximate surface area is 191 Å². The number of hydrogen-bond acceptors (Lipinski definition) is 8. The van der Waals surface area contributed by atoms with E-state index in [1.807, 2.05) is 0 Å².